The van der Waals surface area contributed by atoms with Crippen LogP contribution in [0.1, 0.15) is 31.6 Å². The van der Waals surface area contributed by atoms with Crippen LogP contribution in [0.4, 0.5) is 0 Å². The summed E-state index contributed by atoms with van der Waals surface area (Å²) in [6.45, 7) is 6.50. The number of nitrogens with zero attached hydrogens (tertiary/aromatic N) is 2. The summed E-state index contributed by atoms with van der Waals surface area (Å²) >= 11 is 5.18. The van der Waals surface area contributed by atoms with Crippen LogP contribution < -0.4 is 0 Å². The van der Waals surface area contributed by atoms with Crippen LogP contribution in [-0.4, -0.2) is 14.2 Å². The molecular weight excluding hydrogens is 248 g/mol. The second-order valence-electron chi connectivity index (χ2n) is 3.42. The summed E-state index contributed by atoms with van der Waals surface area (Å²) in [5.74, 6) is 1.62. The topological polar surface area (TPSA) is 25.8 Å². The molecule has 74 valence electrons. The second-order valence-corrected chi connectivity index (χ2v) is 5.43. The number of aryl methyl sites for hydroxylation is 1. The molecule has 1 rings (SSSR count). The van der Waals surface area contributed by atoms with Crippen LogP contribution in [0.15, 0.2) is 0 Å². The summed E-state index contributed by atoms with van der Waals surface area (Å²) in [5.41, 5.74) is 0. The number of hydrogen-bond acceptors (Lipinski definition) is 3. The van der Waals surface area contributed by atoms with Crippen molar-refractivity contribution in [1.82, 2.24) is 9.36 Å². The molecule has 0 fully saturated rings. The van der Waals surface area contributed by atoms with Gasteiger partial charge < -0.3 is 0 Å². The van der Waals surface area contributed by atoms with Gasteiger partial charge in [-0.15, -0.1) is 0 Å². The van der Waals surface area contributed by atoms with Crippen molar-refractivity contribution in [1.29, 1.82) is 0 Å². The van der Waals surface area contributed by atoms with Gasteiger partial charge in [-0.1, -0.05) is 36.7 Å². The molecule has 1 unspecified atom stereocenters. The lowest BCUT2D eigenvalue weighted by Gasteiger charge is -2.10. The highest BCUT2D eigenvalue weighted by Crippen LogP contribution is 2.18. The fraction of sp³-hybridized carbons (Fsp3) is 0.778. The lowest BCUT2D eigenvalue weighted by Crippen LogP contribution is -2.10. The molecule has 0 bridgehead atoms. The van der Waals surface area contributed by atoms with Gasteiger partial charge in [0.25, 0.3) is 0 Å². The van der Waals surface area contributed by atoms with Crippen molar-refractivity contribution in [2.75, 3.05) is 0 Å². The highest BCUT2D eigenvalue weighted by Gasteiger charge is 2.12. The van der Waals surface area contributed by atoms with E-state index in [4.69, 9.17) is 0 Å². The van der Waals surface area contributed by atoms with Gasteiger partial charge in [-0.3, -0.25) is 0 Å². The molecule has 0 aliphatic rings. The van der Waals surface area contributed by atoms with Gasteiger partial charge >= 0.3 is 0 Å². The largest absolute Gasteiger partial charge is 0.225 e. The Morgan fingerprint density at radius 3 is 2.62 bits per heavy atom. The van der Waals surface area contributed by atoms with E-state index in [0.29, 0.717) is 10.7 Å². The maximum Gasteiger partial charge on any atom is 0.142 e. The molecule has 1 aromatic heterocycles. The van der Waals surface area contributed by atoms with E-state index in [1.54, 1.807) is 0 Å². The molecule has 0 N–H and O–H groups in total. The fourth-order valence-electron chi connectivity index (χ4n) is 0.919. The summed E-state index contributed by atoms with van der Waals surface area (Å²) in [5, 5.41) is 1.15. The molecule has 0 radical (unpaired) electrons. The molecule has 0 aromatic carbocycles. The van der Waals surface area contributed by atoms with Gasteiger partial charge in [-0.2, -0.15) is 4.37 Å². The molecule has 0 saturated carbocycles. The first-order valence-electron chi connectivity index (χ1n) is 4.59. The molecule has 0 aliphatic carbocycles. The van der Waals surface area contributed by atoms with E-state index in [0.717, 1.165) is 23.7 Å². The minimum Gasteiger partial charge on any atom is -0.225 e. The van der Waals surface area contributed by atoms with Crippen molar-refractivity contribution in [3.8, 4) is 0 Å². The first-order valence-corrected chi connectivity index (χ1v) is 6.28. The Bertz CT molecular complexity index is 260. The standard InChI is InChI=1S/C9H15BrN2S/c1-4-8-11-9(13-12-8)5-7(10)6(2)3/h6-7H,4-5H2,1-3H3. The SMILES string of the molecule is CCc1nsc(CC(Br)C(C)C)n1. The Balaban J connectivity index is 2.53. The summed E-state index contributed by atoms with van der Waals surface area (Å²) in [6, 6.07) is 0. The van der Waals surface area contributed by atoms with Gasteiger partial charge in [0.2, 0.25) is 0 Å². The zero-order valence-corrected chi connectivity index (χ0v) is 10.7. The Kier molecular flexibility index (Phi) is 4.32. The van der Waals surface area contributed by atoms with E-state index in [2.05, 4.69) is 46.1 Å². The summed E-state index contributed by atoms with van der Waals surface area (Å²) in [4.78, 5) is 4.95. The van der Waals surface area contributed by atoms with Gasteiger partial charge in [0.1, 0.15) is 10.8 Å². The minimum atomic E-state index is 0.519. The zero-order chi connectivity index (χ0) is 9.84. The van der Waals surface area contributed by atoms with Gasteiger partial charge in [0.15, 0.2) is 0 Å². The number of halogens is 1. The molecule has 0 saturated heterocycles. The quantitative estimate of drug-likeness (QED) is 0.780. The average Bonchev–Trinajstić information content (AvgIpc) is 2.52. The van der Waals surface area contributed by atoms with Gasteiger partial charge in [-0.25, -0.2) is 4.98 Å². The molecule has 13 heavy (non-hydrogen) atoms. The predicted molar refractivity (Wildman–Crippen MR) is 60.5 cm³/mol. The van der Waals surface area contributed by atoms with Crippen LogP contribution in [0.2, 0.25) is 0 Å². The molecule has 4 heteroatoms. The highest BCUT2D eigenvalue weighted by atomic mass is 79.9. The van der Waals surface area contributed by atoms with Crippen molar-refractivity contribution in [3.63, 3.8) is 0 Å². The summed E-state index contributed by atoms with van der Waals surface area (Å²) < 4.78 is 4.26. The van der Waals surface area contributed by atoms with Crippen molar-refractivity contribution in [3.05, 3.63) is 10.8 Å². The van der Waals surface area contributed by atoms with Crippen LogP contribution in [0.3, 0.4) is 0 Å². The van der Waals surface area contributed by atoms with E-state index < -0.39 is 0 Å². The fourth-order valence-corrected chi connectivity index (χ4v) is 2.22. The van der Waals surface area contributed by atoms with Crippen LogP contribution >= 0.6 is 27.5 Å². The summed E-state index contributed by atoms with van der Waals surface area (Å²) in [6.07, 6.45) is 1.93. The predicted octanol–water partition coefficient (Wildman–Crippen LogP) is 3.06. The zero-order valence-electron chi connectivity index (χ0n) is 8.25. The van der Waals surface area contributed by atoms with Crippen molar-refractivity contribution < 1.29 is 0 Å². The van der Waals surface area contributed by atoms with Gasteiger partial charge in [0, 0.05) is 17.7 Å². The third kappa shape index (κ3) is 3.35. The molecule has 1 atom stereocenters. The molecule has 1 heterocycles. The smallest absolute Gasteiger partial charge is 0.142 e. The molecule has 0 amide bonds. The van der Waals surface area contributed by atoms with E-state index in [-0.39, 0.29) is 0 Å². The first-order chi connectivity index (χ1) is 6.13. The minimum absolute atomic E-state index is 0.519. The first kappa shape index (κ1) is 11.1. The van der Waals surface area contributed by atoms with Crippen LogP contribution in [-0.2, 0) is 12.8 Å². The third-order valence-electron chi connectivity index (χ3n) is 1.92. The third-order valence-corrected chi connectivity index (χ3v) is 4.07. The van der Waals surface area contributed by atoms with Crippen LogP contribution in [0, 0.1) is 5.92 Å². The molecule has 0 aliphatic heterocycles. The maximum absolute atomic E-state index is 4.43. The van der Waals surface area contributed by atoms with E-state index in [1.165, 1.54) is 11.5 Å². The van der Waals surface area contributed by atoms with Crippen molar-refractivity contribution in [2.24, 2.45) is 5.92 Å². The normalized spacial score (nSPS) is 13.6. The van der Waals surface area contributed by atoms with Crippen LogP contribution in [0.25, 0.3) is 0 Å². The Hall–Kier alpha value is 0.0400. The van der Waals surface area contributed by atoms with Crippen LogP contribution in [0.5, 0.6) is 0 Å². The molecule has 1 aromatic rings. The second kappa shape index (κ2) is 5.05. The average molecular weight is 263 g/mol. The summed E-state index contributed by atoms with van der Waals surface area (Å²) in [7, 11) is 0. The van der Waals surface area contributed by atoms with E-state index >= 15 is 0 Å². The monoisotopic (exact) mass is 262 g/mol. The number of aromatic nitrogens is 2. The number of rotatable bonds is 4. The highest BCUT2D eigenvalue weighted by molar-refractivity contribution is 9.09. The van der Waals surface area contributed by atoms with Crippen molar-refractivity contribution >= 4 is 27.5 Å². The lowest BCUT2D eigenvalue weighted by molar-refractivity contribution is 0.611. The Morgan fingerprint density at radius 1 is 1.46 bits per heavy atom. The van der Waals surface area contributed by atoms with Gasteiger partial charge in [-0.05, 0) is 17.5 Å². The Morgan fingerprint density at radius 2 is 2.15 bits per heavy atom. The maximum atomic E-state index is 4.43. The molecule has 2 nitrogen and oxygen atoms in total. The van der Waals surface area contributed by atoms with Gasteiger partial charge in [0.05, 0.1) is 0 Å². The number of hydrogen-bond donors (Lipinski definition) is 0. The van der Waals surface area contributed by atoms with E-state index in [1.807, 2.05) is 0 Å². The lowest BCUT2D eigenvalue weighted by atomic mass is 10.1. The van der Waals surface area contributed by atoms with E-state index in [9.17, 15) is 0 Å². The number of alkyl halides is 1. The molecular formula is C9H15BrN2S. The molecule has 0 spiro atoms. The van der Waals surface area contributed by atoms with Crippen molar-refractivity contribution in [2.45, 2.75) is 38.4 Å². The Labute approximate surface area is 92.1 Å².